The van der Waals surface area contributed by atoms with E-state index in [1.54, 1.807) is 6.20 Å². The Hall–Kier alpha value is -1.39. The Kier molecular flexibility index (Phi) is 4.93. The molecule has 0 bridgehead atoms. The van der Waals surface area contributed by atoms with E-state index in [1.165, 1.54) is 11.1 Å². The van der Waals surface area contributed by atoms with E-state index >= 15 is 0 Å². The van der Waals surface area contributed by atoms with Crippen LogP contribution in [0.3, 0.4) is 0 Å². The summed E-state index contributed by atoms with van der Waals surface area (Å²) in [6.07, 6.45) is 2.65. The zero-order valence-corrected chi connectivity index (χ0v) is 12.5. The molecule has 1 aromatic heterocycles. The number of rotatable bonds is 5. The monoisotopic (exact) mass is 319 g/mol. The molecular weight excluding hydrogens is 302 g/mol. The van der Waals surface area contributed by atoms with Crippen LogP contribution in [-0.4, -0.2) is 11.5 Å². The molecule has 3 nitrogen and oxygen atoms in total. The Morgan fingerprint density at radius 2 is 2.11 bits per heavy atom. The number of aromatic nitrogens is 1. The standard InChI is InChI=1S/C15H18BrN3/c1-2-18-14(12-5-3-4-6-13(12)16)9-11-7-8-19-15(17)10-11/h3-8,10,14,18H,2,9H2,1H3,(H2,17,19). The van der Waals surface area contributed by atoms with Gasteiger partial charge < -0.3 is 11.1 Å². The van der Waals surface area contributed by atoms with E-state index in [1.807, 2.05) is 18.2 Å². The van der Waals surface area contributed by atoms with Gasteiger partial charge in [0.25, 0.3) is 0 Å². The van der Waals surface area contributed by atoms with Gasteiger partial charge in [0.2, 0.25) is 0 Å². The molecule has 2 rings (SSSR count). The molecule has 2 aromatic rings. The third-order valence-corrected chi connectivity index (χ3v) is 3.74. The van der Waals surface area contributed by atoms with E-state index in [9.17, 15) is 0 Å². The maximum atomic E-state index is 5.74. The zero-order chi connectivity index (χ0) is 13.7. The third-order valence-electron chi connectivity index (χ3n) is 3.02. The summed E-state index contributed by atoms with van der Waals surface area (Å²) in [5.74, 6) is 0.569. The second-order valence-corrected chi connectivity index (χ2v) is 5.28. The zero-order valence-electron chi connectivity index (χ0n) is 10.9. The van der Waals surface area contributed by atoms with E-state index in [4.69, 9.17) is 5.73 Å². The van der Waals surface area contributed by atoms with Crippen LogP contribution in [0.15, 0.2) is 47.1 Å². The molecule has 0 aliphatic rings. The lowest BCUT2D eigenvalue weighted by atomic mass is 9.99. The molecule has 19 heavy (non-hydrogen) atoms. The minimum absolute atomic E-state index is 0.266. The topological polar surface area (TPSA) is 50.9 Å². The van der Waals surface area contributed by atoms with Gasteiger partial charge in [-0.25, -0.2) is 4.98 Å². The Labute approximate surface area is 122 Å². The van der Waals surface area contributed by atoms with Gasteiger partial charge in [-0.1, -0.05) is 41.1 Å². The quantitative estimate of drug-likeness (QED) is 0.888. The number of benzene rings is 1. The fraction of sp³-hybridized carbons (Fsp3) is 0.267. The summed E-state index contributed by atoms with van der Waals surface area (Å²) in [6.45, 7) is 3.04. The molecule has 0 spiro atoms. The summed E-state index contributed by atoms with van der Waals surface area (Å²) in [4.78, 5) is 4.03. The lowest BCUT2D eigenvalue weighted by molar-refractivity contribution is 0.548. The molecule has 0 amide bonds. The van der Waals surface area contributed by atoms with Crippen LogP contribution in [0.1, 0.15) is 24.1 Å². The number of hydrogen-bond donors (Lipinski definition) is 2. The molecule has 0 saturated carbocycles. The summed E-state index contributed by atoms with van der Waals surface area (Å²) in [7, 11) is 0. The molecule has 1 heterocycles. The first kappa shape index (κ1) is 14.0. The van der Waals surface area contributed by atoms with Gasteiger partial charge in [-0.05, 0) is 42.3 Å². The normalized spacial score (nSPS) is 12.3. The number of anilines is 1. The van der Waals surface area contributed by atoms with Gasteiger partial charge in [-0.3, -0.25) is 0 Å². The van der Waals surface area contributed by atoms with E-state index < -0.39 is 0 Å². The van der Waals surface area contributed by atoms with Crippen molar-refractivity contribution in [2.75, 3.05) is 12.3 Å². The highest BCUT2D eigenvalue weighted by Gasteiger charge is 2.13. The Bertz CT molecular complexity index is 542. The predicted molar refractivity (Wildman–Crippen MR) is 82.9 cm³/mol. The number of nitrogen functional groups attached to an aromatic ring is 1. The van der Waals surface area contributed by atoms with Crippen molar-refractivity contribution >= 4 is 21.7 Å². The van der Waals surface area contributed by atoms with Crippen molar-refractivity contribution in [1.29, 1.82) is 0 Å². The van der Waals surface area contributed by atoms with Crippen molar-refractivity contribution in [3.05, 3.63) is 58.2 Å². The van der Waals surface area contributed by atoms with Crippen LogP contribution in [0, 0.1) is 0 Å². The molecule has 0 radical (unpaired) electrons. The molecule has 3 N–H and O–H groups in total. The fourth-order valence-electron chi connectivity index (χ4n) is 2.15. The largest absolute Gasteiger partial charge is 0.384 e. The summed E-state index contributed by atoms with van der Waals surface area (Å²) < 4.78 is 1.13. The minimum Gasteiger partial charge on any atom is -0.384 e. The highest BCUT2D eigenvalue weighted by Crippen LogP contribution is 2.26. The summed E-state index contributed by atoms with van der Waals surface area (Å²) >= 11 is 3.62. The van der Waals surface area contributed by atoms with E-state index in [2.05, 4.69) is 51.4 Å². The average Bonchev–Trinajstić information content (AvgIpc) is 2.39. The Morgan fingerprint density at radius 1 is 1.32 bits per heavy atom. The molecule has 4 heteroatoms. The van der Waals surface area contributed by atoms with Crippen LogP contribution in [0.2, 0.25) is 0 Å². The highest BCUT2D eigenvalue weighted by molar-refractivity contribution is 9.10. The second kappa shape index (κ2) is 6.68. The van der Waals surface area contributed by atoms with Crippen LogP contribution in [-0.2, 0) is 6.42 Å². The maximum absolute atomic E-state index is 5.74. The first-order valence-corrected chi connectivity index (χ1v) is 7.18. The first-order chi connectivity index (χ1) is 9.20. The van der Waals surface area contributed by atoms with Crippen molar-refractivity contribution < 1.29 is 0 Å². The number of nitrogens with one attached hydrogen (secondary N) is 1. The summed E-state index contributed by atoms with van der Waals surface area (Å²) in [5.41, 5.74) is 8.19. The van der Waals surface area contributed by atoms with Crippen LogP contribution in [0.4, 0.5) is 5.82 Å². The predicted octanol–water partition coefficient (Wildman–Crippen LogP) is 3.32. The van der Waals surface area contributed by atoms with Gasteiger partial charge in [-0.15, -0.1) is 0 Å². The number of nitrogens with zero attached hydrogens (tertiary/aromatic N) is 1. The average molecular weight is 320 g/mol. The molecule has 1 atom stereocenters. The van der Waals surface area contributed by atoms with Gasteiger partial charge >= 0.3 is 0 Å². The third kappa shape index (κ3) is 3.78. The van der Waals surface area contributed by atoms with Gasteiger partial charge in [-0.2, -0.15) is 0 Å². The van der Waals surface area contributed by atoms with Gasteiger partial charge in [0.05, 0.1) is 0 Å². The molecule has 0 aliphatic heterocycles. The van der Waals surface area contributed by atoms with Crippen molar-refractivity contribution in [3.63, 3.8) is 0 Å². The fourth-order valence-corrected chi connectivity index (χ4v) is 2.71. The van der Waals surface area contributed by atoms with Crippen molar-refractivity contribution in [3.8, 4) is 0 Å². The second-order valence-electron chi connectivity index (χ2n) is 4.42. The lowest BCUT2D eigenvalue weighted by Crippen LogP contribution is -2.23. The van der Waals surface area contributed by atoms with Gasteiger partial charge in [0.15, 0.2) is 0 Å². The molecular formula is C15H18BrN3. The van der Waals surface area contributed by atoms with Crippen molar-refractivity contribution in [1.82, 2.24) is 10.3 Å². The molecule has 0 aliphatic carbocycles. The van der Waals surface area contributed by atoms with Gasteiger partial charge in [0.1, 0.15) is 5.82 Å². The number of likely N-dealkylation sites (N-methyl/N-ethyl adjacent to an activating group) is 1. The molecule has 0 saturated heterocycles. The van der Waals surface area contributed by atoms with Crippen molar-refractivity contribution in [2.24, 2.45) is 0 Å². The van der Waals surface area contributed by atoms with E-state index in [0.717, 1.165) is 17.4 Å². The Morgan fingerprint density at radius 3 is 2.79 bits per heavy atom. The number of nitrogens with two attached hydrogens (primary N) is 1. The van der Waals surface area contributed by atoms with Crippen LogP contribution < -0.4 is 11.1 Å². The molecule has 1 unspecified atom stereocenters. The van der Waals surface area contributed by atoms with E-state index in [0.29, 0.717) is 5.82 Å². The number of hydrogen-bond acceptors (Lipinski definition) is 3. The van der Waals surface area contributed by atoms with Crippen molar-refractivity contribution in [2.45, 2.75) is 19.4 Å². The number of halogens is 1. The van der Waals surface area contributed by atoms with E-state index in [-0.39, 0.29) is 6.04 Å². The smallest absolute Gasteiger partial charge is 0.123 e. The molecule has 1 aromatic carbocycles. The maximum Gasteiger partial charge on any atom is 0.123 e. The molecule has 100 valence electrons. The molecule has 0 fully saturated rings. The highest BCUT2D eigenvalue weighted by atomic mass is 79.9. The minimum atomic E-state index is 0.266. The van der Waals surface area contributed by atoms with Crippen LogP contribution >= 0.6 is 15.9 Å². The van der Waals surface area contributed by atoms with Gasteiger partial charge in [0, 0.05) is 16.7 Å². The summed E-state index contributed by atoms with van der Waals surface area (Å²) in [6, 6.07) is 12.5. The van der Waals surface area contributed by atoms with Crippen LogP contribution in [0.25, 0.3) is 0 Å². The lowest BCUT2D eigenvalue weighted by Gasteiger charge is -2.20. The number of pyridine rings is 1. The first-order valence-electron chi connectivity index (χ1n) is 6.39. The Balaban J connectivity index is 2.24. The SMILES string of the molecule is CCNC(Cc1ccnc(N)c1)c1ccccc1Br. The van der Waals surface area contributed by atoms with Crippen LogP contribution in [0.5, 0.6) is 0 Å². The summed E-state index contributed by atoms with van der Waals surface area (Å²) in [5, 5.41) is 3.52.